The van der Waals surface area contributed by atoms with Gasteiger partial charge in [-0.15, -0.1) is 0 Å². The summed E-state index contributed by atoms with van der Waals surface area (Å²) in [4.78, 5) is 14.9. The van der Waals surface area contributed by atoms with Crippen LogP contribution >= 0.6 is 0 Å². The molecule has 1 fully saturated rings. The number of piperidine rings is 1. The lowest BCUT2D eigenvalue weighted by Crippen LogP contribution is -2.43. The highest BCUT2D eigenvalue weighted by Gasteiger charge is 2.22. The van der Waals surface area contributed by atoms with Crippen LogP contribution in [0.4, 0.5) is 4.79 Å². The number of carbonyl (C=O) groups excluding carboxylic acids is 1. The number of hydrogen-bond acceptors (Lipinski definition) is 4. The highest BCUT2D eigenvalue weighted by atomic mass is 16.6. The average Bonchev–Trinajstić information content (AvgIpc) is 2.74. The maximum absolute atomic E-state index is 12.3. The monoisotopic (exact) mass is 423 g/mol. The molecule has 0 spiro atoms. The number of rotatable bonds is 8. The van der Waals surface area contributed by atoms with Gasteiger partial charge in [0.05, 0.1) is 6.04 Å². The number of benzene rings is 2. The molecule has 1 atom stereocenters. The summed E-state index contributed by atoms with van der Waals surface area (Å²) in [5.41, 5.74) is 1.98. The zero-order valence-corrected chi connectivity index (χ0v) is 19.1. The van der Waals surface area contributed by atoms with Gasteiger partial charge in [0.25, 0.3) is 0 Å². The lowest BCUT2D eigenvalue weighted by atomic mass is 10.0. The van der Waals surface area contributed by atoms with Crippen molar-refractivity contribution in [2.24, 2.45) is 0 Å². The first-order valence-corrected chi connectivity index (χ1v) is 11.4. The summed E-state index contributed by atoms with van der Waals surface area (Å²) in [7, 11) is 0. The number of likely N-dealkylation sites (tertiary alicyclic amines) is 1. The molecule has 0 aromatic heterocycles. The molecule has 2 aromatic carbocycles. The Balaban J connectivity index is 1.44. The molecule has 5 nitrogen and oxygen atoms in total. The van der Waals surface area contributed by atoms with Crippen LogP contribution in [0, 0.1) is 0 Å². The van der Waals surface area contributed by atoms with E-state index in [2.05, 4.69) is 58.0 Å². The van der Waals surface area contributed by atoms with Gasteiger partial charge in [-0.1, -0.05) is 60.7 Å². The van der Waals surface area contributed by atoms with Gasteiger partial charge in [0.15, 0.2) is 0 Å². The van der Waals surface area contributed by atoms with E-state index in [-0.39, 0.29) is 12.1 Å². The quantitative estimate of drug-likeness (QED) is 0.634. The zero-order valence-electron chi connectivity index (χ0n) is 19.1. The summed E-state index contributed by atoms with van der Waals surface area (Å²) in [6.07, 6.45) is 2.77. The number of ether oxygens (including phenoxy) is 1. The highest BCUT2D eigenvalue weighted by molar-refractivity contribution is 5.68. The average molecular weight is 424 g/mol. The molecule has 0 aliphatic carbocycles. The lowest BCUT2D eigenvalue weighted by molar-refractivity contribution is 0.0500. The Labute approximate surface area is 187 Å². The molecular formula is C26H37N3O2. The standard InChI is InChI=1S/C26H37N3O2/c1-26(2,3)31-25(30)28-24(22-12-8-5-9-13-22)14-17-27-23-15-18-29(19-16-23)20-21-10-6-4-7-11-21/h4-13,23-24,27H,14-20H2,1-3H3,(H,28,30). The van der Waals surface area contributed by atoms with E-state index in [1.807, 2.05) is 39.0 Å². The van der Waals surface area contributed by atoms with Gasteiger partial charge in [0.2, 0.25) is 0 Å². The van der Waals surface area contributed by atoms with E-state index in [0.29, 0.717) is 6.04 Å². The van der Waals surface area contributed by atoms with Gasteiger partial charge in [0, 0.05) is 12.6 Å². The number of hydrogen-bond donors (Lipinski definition) is 2. The first-order chi connectivity index (χ1) is 14.9. The molecule has 1 unspecified atom stereocenters. The van der Waals surface area contributed by atoms with Gasteiger partial charge in [-0.3, -0.25) is 4.90 Å². The minimum absolute atomic E-state index is 0.0679. The van der Waals surface area contributed by atoms with E-state index in [1.165, 1.54) is 5.56 Å². The Morgan fingerprint density at radius 2 is 1.65 bits per heavy atom. The minimum Gasteiger partial charge on any atom is -0.444 e. The van der Waals surface area contributed by atoms with E-state index < -0.39 is 5.60 Å². The second-order valence-corrected chi connectivity index (χ2v) is 9.39. The molecule has 0 saturated carbocycles. The number of amides is 1. The molecule has 0 bridgehead atoms. The number of alkyl carbamates (subject to hydrolysis) is 1. The summed E-state index contributed by atoms with van der Waals surface area (Å²) in [5.74, 6) is 0. The molecule has 0 radical (unpaired) electrons. The SMILES string of the molecule is CC(C)(C)OC(=O)NC(CCNC1CCN(Cc2ccccc2)CC1)c1ccccc1. The van der Waals surface area contributed by atoms with Crippen LogP contribution < -0.4 is 10.6 Å². The molecule has 2 N–H and O–H groups in total. The molecule has 1 heterocycles. The summed E-state index contributed by atoms with van der Waals surface area (Å²) in [6.45, 7) is 9.78. The zero-order chi connectivity index (χ0) is 22.1. The van der Waals surface area contributed by atoms with Gasteiger partial charge in [0.1, 0.15) is 5.60 Å². The fraction of sp³-hybridized carbons (Fsp3) is 0.500. The van der Waals surface area contributed by atoms with Crippen molar-refractivity contribution >= 4 is 6.09 Å². The molecule has 1 saturated heterocycles. The number of nitrogens with one attached hydrogen (secondary N) is 2. The largest absolute Gasteiger partial charge is 0.444 e. The lowest BCUT2D eigenvalue weighted by Gasteiger charge is -2.33. The van der Waals surface area contributed by atoms with Crippen molar-refractivity contribution in [2.75, 3.05) is 19.6 Å². The van der Waals surface area contributed by atoms with E-state index in [4.69, 9.17) is 4.74 Å². The maximum Gasteiger partial charge on any atom is 0.408 e. The predicted octanol–water partition coefficient (Wildman–Crippen LogP) is 4.90. The van der Waals surface area contributed by atoms with Crippen molar-refractivity contribution in [3.8, 4) is 0 Å². The summed E-state index contributed by atoms with van der Waals surface area (Å²) < 4.78 is 5.47. The second-order valence-electron chi connectivity index (χ2n) is 9.39. The van der Waals surface area contributed by atoms with Crippen molar-refractivity contribution in [3.63, 3.8) is 0 Å². The Kier molecular flexibility index (Phi) is 8.50. The smallest absolute Gasteiger partial charge is 0.408 e. The number of nitrogens with zero attached hydrogens (tertiary/aromatic N) is 1. The van der Waals surface area contributed by atoms with Crippen LogP contribution in [-0.4, -0.2) is 42.3 Å². The van der Waals surface area contributed by atoms with Crippen LogP contribution in [0.2, 0.25) is 0 Å². The normalized spacial score (nSPS) is 16.6. The second kappa shape index (κ2) is 11.3. The molecule has 1 amide bonds. The van der Waals surface area contributed by atoms with Gasteiger partial charge < -0.3 is 15.4 Å². The first-order valence-electron chi connectivity index (χ1n) is 11.4. The van der Waals surface area contributed by atoms with Gasteiger partial charge >= 0.3 is 6.09 Å². The predicted molar refractivity (Wildman–Crippen MR) is 126 cm³/mol. The number of carbonyl (C=O) groups is 1. The Bertz CT molecular complexity index is 781. The van der Waals surface area contributed by atoms with Crippen molar-refractivity contribution in [1.29, 1.82) is 0 Å². The maximum atomic E-state index is 12.3. The van der Waals surface area contributed by atoms with Crippen molar-refractivity contribution < 1.29 is 9.53 Å². The van der Waals surface area contributed by atoms with Crippen LogP contribution in [0.15, 0.2) is 60.7 Å². The minimum atomic E-state index is -0.503. The third kappa shape index (κ3) is 8.35. The Morgan fingerprint density at radius 3 is 2.26 bits per heavy atom. The molecule has 5 heteroatoms. The van der Waals surface area contributed by atoms with Crippen molar-refractivity contribution in [3.05, 3.63) is 71.8 Å². The van der Waals surface area contributed by atoms with Crippen LogP contribution in [0.25, 0.3) is 0 Å². The topological polar surface area (TPSA) is 53.6 Å². The van der Waals surface area contributed by atoms with E-state index in [0.717, 1.165) is 51.0 Å². The van der Waals surface area contributed by atoms with E-state index in [1.54, 1.807) is 0 Å². The fourth-order valence-corrected chi connectivity index (χ4v) is 4.03. The Morgan fingerprint density at radius 1 is 1.03 bits per heavy atom. The van der Waals surface area contributed by atoms with Gasteiger partial charge in [-0.2, -0.15) is 0 Å². The molecular weight excluding hydrogens is 386 g/mol. The first kappa shape index (κ1) is 23.3. The molecule has 2 aromatic rings. The Hall–Kier alpha value is -2.37. The molecule has 31 heavy (non-hydrogen) atoms. The van der Waals surface area contributed by atoms with Gasteiger partial charge in [-0.05, 0) is 70.8 Å². The van der Waals surface area contributed by atoms with E-state index >= 15 is 0 Å². The summed E-state index contributed by atoms with van der Waals surface area (Å²) in [5, 5.41) is 6.76. The van der Waals surface area contributed by atoms with Crippen molar-refractivity contribution in [2.45, 2.75) is 64.3 Å². The summed E-state index contributed by atoms with van der Waals surface area (Å²) in [6, 6.07) is 21.3. The molecule has 1 aliphatic rings. The third-order valence-corrected chi connectivity index (χ3v) is 5.60. The van der Waals surface area contributed by atoms with Crippen LogP contribution in [0.3, 0.4) is 0 Å². The molecule has 168 valence electrons. The summed E-state index contributed by atoms with van der Waals surface area (Å²) >= 11 is 0. The highest BCUT2D eigenvalue weighted by Crippen LogP contribution is 2.19. The van der Waals surface area contributed by atoms with Crippen LogP contribution in [-0.2, 0) is 11.3 Å². The molecule has 3 rings (SSSR count). The van der Waals surface area contributed by atoms with Crippen LogP contribution in [0.5, 0.6) is 0 Å². The van der Waals surface area contributed by atoms with Crippen molar-refractivity contribution in [1.82, 2.24) is 15.5 Å². The van der Waals surface area contributed by atoms with Gasteiger partial charge in [-0.25, -0.2) is 4.79 Å². The fourth-order valence-electron chi connectivity index (χ4n) is 4.03. The third-order valence-electron chi connectivity index (χ3n) is 5.60. The van der Waals surface area contributed by atoms with E-state index in [9.17, 15) is 4.79 Å². The van der Waals surface area contributed by atoms with Crippen LogP contribution in [0.1, 0.15) is 57.2 Å². The molecule has 1 aliphatic heterocycles.